The third-order valence-electron chi connectivity index (χ3n) is 2.84. The lowest BCUT2D eigenvalue weighted by molar-refractivity contribution is 0.0602. The van der Waals surface area contributed by atoms with E-state index in [0.29, 0.717) is 16.5 Å². The number of hydrogen-bond acceptors (Lipinski definition) is 3. The van der Waals surface area contributed by atoms with Gasteiger partial charge in [0.1, 0.15) is 0 Å². The molecular formula is C13H12ClNO3. The molecule has 0 spiro atoms. The van der Waals surface area contributed by atoms with Crippen molar-refractivity contribution in [1.82, 2.24) is 4.57 Å². The number of esters is 1. The maximum Gasteiger partial charge on any atom is 0.340 e. The van der Waals surface area contributed by atoms with Gasteiger partial charge < -0.3 is 9.30 Å². The molecule has 18 heavy (non-hydrogen) atoms. The number of Topliss-reactive ketones (excluding diaryl/α,β-unsaturated/α-hetero) is 1. The second-order valence-electron chi connectivity index (χ2n) is 3.93. The number of ether oxygens (including phenoxy) is 1. The van der Waals surface area contributed by atoms with Crippen molar-refractivity contribution in [3.8, 4) is 0 Å². The highest BCUT2D eigenvalue weighted by Crippen LogP contribution is 2.23. The van der Waals surface area contributed by atoms with Gasteiger partial charge in [-0.2, -0.15) is 0 Å². The van der Waals surface area contributed by atoms with E-state index < -0.39 is 5.97 Å². The highest BCUT2D eigenvalue weighted by molar-refractivity contribution is 6.30. The predicted molar refractivity (Wildman–Crippen MR) is 69.3 cm³/mol. The Labute approximate surface area is 109 Å². The summed E-state index contributed by atoms with van der Waals surface area (Å²) in [6.07, 6.45) is 1.69. The number of carbonyl (C=O) groups excluding carboxylic acids is 2. The van der Waals surface area contributed by atoms with Crippen molar-refractivity contribution in [1.29, 1.82) is 0 Å². The van der Waals surface area contributed by atoms with Gasteiger partial charge in [0.25, 0.3) is 0 Å². The van der Waals surface area contributed by atoms with Gasteiger partial charge in [-0.25, -0.2) is 4.79 Å². The summed E-state index contributed by atoms with van der Waals surface area (Å²) in [5, 5.41) is 0.695. The molecule has 0 unspecified atom stereocenters. The summed E-state index contributed by atoms with van der Waals surface area (Å²) in [5.41, 5.74) is 1.80. The first-order valence-corrected chi connectivity index (χ1v) is 5.88. The number of nitrogens with zero attached hydrogens (tertiary/aromatic N) is 1. The maximum atomic E-state index is 11.6. The number of fused-ring (bicyclic) bond motifs is 1. The standard InChI is InChI=1S/C13H12ClNO3/c1-15-7-10(13(17)18-2)9-5-8(12(16)6-14)3-4-11(9)15/h3-5,7H,6H2,1-2H3. The Hall–Kier alpha value is -1.81. The number of aryl methyl sites for hydroxylation is 1. The van der Waals surface area contributed by atoms with Gasteiger partial charge in [0.15, 0.2) is 5.78 Å². The molecule has 94 valence electrons. The monoisotopic (exact) mass is 265 g/mol. The number of aromatic nitrogens is 1. The van der Waals surface area contributed by atoms with Gasteiger partial charge in [-0.1, -0.05) is 0 Å². The van der Waals surface area contributed by atoms with E-state index in [1.807, 2.05) is 11.6 Å². The van der Waals surface area contributed by atoms with Crippen LogP contribution in [0.25, 0.3) is 10.9 Å². The van der Waals surface area contributed by atoms with Gasteiger partial charge in [0, 0.05) is 29.7 Å². The van der Waals surface area contributed by atoms with E-state index in [9.17, 15) is 9.59 Å². The Morgan fingerprint density at radius 3 is 2.72 bits per heavy atom. The van der Waals surface area contributed by atoms with Gasteiger partial charge in [-0.15, -0.1) is 11.6 Å². The molecule has 0 atom stereocenters. The molecule has 4 nitrogen and oxygen atoms in total. The predicted octanol–water partition coefficient (Wildman–Crippen LogP) is 2.39. The van der Waals surface area contributed by atoms with Crippen LogP contribution in [0, 0.1) is 0 Å². The number of hydrogen-bond donors (Lipinski definition) is 0. The molecule has 0 saturated carbocycles. The van der Waals surface area contributed by atoms with E-state index in [1.54, 1.807) is 24.4 Å². The van der Waals surface area contributed by atoms with Gasteiger partial charge in [-0.3, -0.25) is 4.79 Å². The number of rotatable bonds is 3. The van der Waals surface area contributed by atoms with Crippen LogP contribution >= 0.6 is 11.6 Å². The van der Waals surface area contributed by atoms with E-state index in [1.165, 1.54) is 7.11 Å². The zero-order valence-electron chi connectivity index (χ0n) is 10.1. The quantitative estimate of drug-likeness (QED) is 0.486. The lowest BCUT2D eigenvalue weighted by Crippen LogP contribution is -2.02. The Morgan fingerprint density at radius 1 is 1.39 bits per heavy atom. The SMILES string of the molecule is COC(=O)c1cn(C)c2ccc(C(=O)CCl)cc12. The molecule has 0 saturated heterocycles. The summed E-state index contributed by atoms with van der Waals surface area (Å²) in [5.74, 6) is -0.666. The molecular weight excluding hydrogens is 254 g/mol. The highest BCUT2D eigenvalue weighted by atomic mass is 35.5. The van der Waals surface area contributed by atoms with Crippen LogP contribution in [0.15, 0.2) is 24.4 Å². The maximum absolute atomic E-state index is 11.6. The second kappa shape index (κ2) is 4.82. The number of alkyl halides is 1. The number of ketones is 1. The molecule has 0 aliphatic heterocycles. The summed E-state index contributed by atoms with van der Waals surface area (Å²) >= 11 is 5.53. The van der Waals surface area contributed by atoms with E-state index >= 15 is 0 Å². The number of methoxy groups -OCH3 is 1. The van der Waals surface area contributed by atoms with Crippen molar-refractivity contribution < 1.29 is 14.3 Å². The van der Waals surface area contributed by atoms with Crippen LogP contribution in [0.5, 0.6) is 0 Å². The second-order valence-corrected chi connectivity index (χ2v) is 4.20. The summed E-state index contributed by atoms with van der Waals surface area (Å²) in [4.78, 5) is 23.2. The van der Waals surface area contributed by atoms with Crippen molar-refractivity contribution >= 4 is 34.3 Å². The fourth-order valence-corrected chi connectivity index (χ4v) is 2.07. The highest BCUT2D eigenvalue weighted by Gasteiger charge is 2.16. The molecule has 0 fully saturated rings. The third-order valence-corrected chi connectivity index (χ3v) is 3.08. The average Bonchev–Trinajstić information content (AvgIpc) is 2.74. The van der Waals surface area contributed by atoms with Crippen LogP contribution < -0.4 is 0 Å². The van der Waals surface area contributed by atoms with Crippen molar-refractivity contribution in [2.24, 2.45) is 7.05 Å². The van der Waals surface area contributed by atoms with E-state index in [0.717, 1.165) is 5.52 Å². The minimum absolute atomic E-state index is 0.0775. The normalized spacial score (nSPS) is 10.6. The molecule has 1 aromatic heterocycles. The van der Waals surface area contributed by atoms with Gasteiger partial charge in [0.05, 0.1) is 18.6 Å². The summed E-state index contributed by atoms with van der Waals surface area (Å²) in [6, 6.07) is 5.17. The van der Waals surface area contributed by atoms with Crippen LogP contribution in [0.4, 0.5) is 0 Å². The topological polar surface area (TPSA) is 48.3 Å². The number of carbonyl (C=O) groups is 2. The Kier molecular flexibility index (Phi) is 3.39. The minimum atomic E-state index is -0.420. The molecule has 0 aliphatic carbocycles. The molecule has 0 amide bonds. The summed E-state index contributed by atoms with van der Waals surface area (Å²) in [6.45, 7) is 0. The smallest absolute Gasteiger partial charge is 0.340 e. The van der Waals surface area contributed by atoms with Crippen LogP contribution in [0.1, 0.15) is 20.7 Å². The Bertz CT molecular complexity index is 630. The lowest BCUT2D eigenvalue weighted by atomic mass is 10.1. The molecule has 5 heteroatoms. The molecule has 2 rings (SSSR count). The zero-order valence-corrected chi connectivity index (χ0v) is 10.8. The van der Waals surface area contributed by atoms with Crippen LogP contribution in [0.2, 0.25) is 0 Å². The molecule has 0 radical (unpaired) electrons. The average molecular weight is 266 g/mol. The first-order valence-electron chi connectivity index (χ1n) is 5.35. The van der Waals surface area contributed by atoms with Crippen molar-refractivity contribution in [2.75, 3.05) is 13.0 Å². The van der Waals surface area contributed by atoms with Crippen molar-refractivity contribution in [3.63, 3.8) is 0 Å². The lowest BCUT2D eigenvalue weighted by Gasteiger charge is -2.00. The first kappa shape index (κ1) is 12.6. The number of halogens is 1. The van der Waals surface area contributed by atoms with E-state index in [4.69, 9.17) is 16.3 Å². The molecule has 1 heterocycles. The van der Waals surface area contributed by atoms with Crippen molar-refractivity contribution in [2.45, 2.75) is 0 Å². The Balaban J connectivity index is 2.66. The van der Waals surface area contributed by atoms with E-state index in [-0.39, 0.29) is 11.7 Å². The Morgan fingerprint density at radius 2 is 2.11 bits per heavy atom. The first-order chi connectivity index (χ1) is 8.58. The molecule has 0 aliphatic rings. The zero-order chi connectivity index (χ0) is 13.3. The van der Waals surface area contributed by atoms with E-state index in [2.05, 4.69) is 0 Å². The van der Waals surface area contributed by atoms with Crippen LogP contribution in [-0.2, 0) is 11.8 Å². The molecule has 2 aromatic rings. The molecule has 0 bridgehead atoms. The van der Waals surface area contributed by atoms with Crippen LogP contribution in [-0.4, -0.2) is 29.3 Å². The van der Waals surface area contributed by atoms with Gasteiger partial charge in [-0.05, 0) is 18.2 Å². The fraction of sp³-hybridized carbons (Fsp3) is 0.231. The largest absolute Gasteiger partial charge is 0.465 e. The fourth-order valence-electron chi connectivity index (χ4n) is 1.92. The minimum Gasteiger partial charge on any atom is -0.465 e. The summed E-state index contributed by atoms with van der Waals surface area (Å²) < 4.78 is 6.54. The molecule has 1 aromatic carbocycles. The summed E-state index contributed by atoms with van der Waals surface area (Å²) in [7, 11) is 3.16. The third kappa shape index (κ3) is 1.99. The van der Waals surface area contributed by atoms with Crippen molar-refractivity contribution in [3.05, 3.63) is 35.5 Å². The van der Waals surface area contributed by atoms with Gasteiger partial charge >= 0.3 is 5.97 Å². The van der Waals surface area contributed by atoms with Gasteiger partial charge in [0.2, 0.25) is 0 Å². The van der Waals surface area contributed by atoms with Crippen LogP contribution in [0.3, 0.4) is 0 Å². The number of benzene rings is 1. The molecule has 0 N–H and O–H groups in total.